The van der Waals surface area contributed by atoms with Crippen LogP contribution in [0.5, 0.6) is 0 Å². The lowest BCUT2D eigenvalue weighted by Gasteiger charge is -2.38. The zero-order chi connectivity index (χ0) is 27.2. The molecule has 4 heterocycles. The molecule has 3 N–H and O–H groups in total. The third-order valence-electron chi connectivity index (χ3n) is 5.62. The molecule has 2 aliphatic rings. The van der Waals surface area contributed by atoms with E-state index in [1.54, 1.807) is 6.07 Å². The molecule has 2 saturated heterocycles. The molecule has 0 aliphatic carbocycles. The van der Waals surface area contributed by atoms with Gasteiger partial charge >= 0.3 is 0 Å². The minimum atomic E-state index is -2.88. The van der Waals surface area contributed by atoms with Crippen molar-refractivity contribution in [3.05, 3.63) is 62.9 Å². The van der Waals surface area contributed by atoms with Crippen LogP contribution in [0, 0.1) is 0 Å². The summed E-state index contributed by atoms with van der Waals surface area (Å²) in [5, 5.41) is 9.46. The number of nitrogens with one attached hydrogen (secondary N) is 3. The predicted molar refractivity (Wildman–Crippen MR) is 133 cm³/mol. The fraction of sp³-hybridized carbons (Fsp3) is 0.227. The maximum atomic E-state index is 13.5. The number of benzene rings is 1. The third kappa shape index (κ3) is 5.10. The topological polar surface area (TPSA) is 130 Å². The molecule has 0 radical (unpaired) electrons. The molecule has 2 aromatic heterocycles. The second-order valence-electron chi connectivity index (χ2n) is 8.39. The fourth-order valence-electron chi connectivity index (χ4n) is 3.80. The van der Waals surface area contributed by atoms with E-state index in [0.717, 1.165) is 4.68 Å². The van der Waals surface area contributed by atoms with Crippen LogP contribution in [0.25, 0.3) is 5.82 Å². The smallest absolute Gasteiger partial charge is 0.282 e. The maximum absolute atomic E-state index is 13.5. The molecular formula is C22H16Cl3F2N7O4. The average molecular weight is 587 g/mol. The largest absolute Gasteiger partial charge is 0.343 e. The summed E-state index contributed by atoms with van der Waals surface area (Å²) in [5.74, 6) is -4.84. The molecule has 2 aliphatic heterocycles. The van der Waals surface area contributed by atoms with E-state index < -0.39 is 42.8 Å². The Hall–Kier alpha value is -3.52. The third-order valence-corrected chi connectivity index (χ3v) is 6.43. The van der Waals surface area contributed by atoms with E-state index in [1.165, 1.54) is 35.4 Å². The summed E-state index contributed by atoms with van der Waals surface area (Å²) < 4.78 is 28.1. The van der Waals surface area contributed by atoms with Gasteiger partial charge in [-0.1, -0.05) is 34.8 Å². The van der Waals surface area contributed by atoms with Crippen LogP contribution >= 0.6 is 34.8 Å². The number of halogens is 5. The van der Waals surface area contributed by atoms with Crippen molar-refractivity contribution in [3.63, 3.8) is 0 Å². The van der Waals surface area contributed by atoms with Gasteiger partial charge in [-0.25, -0.2) is 23.9 Å². The lowest BCUT2D eigenvalue weighted by Crippen LogP contribution is -2.56. The summed E-state index contributed by atoms with van der Waals surface area (Å²) in [7, 11) is 0. The normalized spacial score (nSPS) is 18.1. The zero-order valence-corrected chi connectivity index (χ0v) is 21.2. The summed E-state index contributed by atoms with van der Waals surface area (Å²) in [4.78, 5) is 48.5. The standard InChI is InChI=1S/C22H16Cl3F2N7O4/c23-10-4-11(19(35)29-14-7-38-32-20(14)36)17(13(25)5-10)30-21(37)15-6-16(33-8-22(26,27)9-33)31-34(15)18-12(24)2-1-3-28-18/h1-6,14H,7-9H2,(H,29,35)(H,30,37)(H,32,36). The highest BCUT2D eigenvalue weighted by Gasteiger charge is 2.45. The second-order valence-corrected chi connectivity index (χ2v) is 9.64. The molecule has 2 fully saturated rings. The molecule has 5 rings (SSSR count). The van der Waals surface area contributed by atoms with Crippen molar-refractivity contribution in [1.82, 2.24) is 25.6 Å². The molecule has 3 aromatic rings. The van der Waals surface area contributed by atoms with Gasteiger partial charge in [0.05, 0.1) is 34.4 Å². The van der Waals surface area contributed by atoms with Crippen molar-refractivity contribution in [2.45, 2.75) is 12.0 Å². The van der Waals surface area contributed by atoms with Crippen LogP contribution in [0.2, 0.25) is 15.1 Å². The number of hydrogen-bond donors (Lipinski definition) is 3. The minimum Gasteiger partial charge on any atom is -0.343 e. The number of rotatable bonds is 6. The summed E-state index contributed by atoms with van der Waals surface area (Å²) >= 11 is 18.7. The van der Waals surface area contributed by atoms with E-state index in [0.29, 0.717) is 0 Å². The van der Waals surface area contributed by atoms with E-state index in [1.807, 2.05) is 0 Å². The number of amides is 3. The van der Waals surface area contributed by atoms with Gasteiger partial charge in [-0.3, -0.25) is 19.2 Å². The Morgan fingerprint density at radius 2 is 1.89 bits per heavy atom. The van der Waals surface area contributed by atoms with E-state index in [4.69, 9.17) is 39.6 Å². The monoisotopic (exact) mass is 585 g/mol. The van der Waals surface area contributed by atoms with Crippen LogP contribution in [0.1, 0.15) is 20.8 Å². The molecule has 16 heteroatoms. The lowest BCUT2D eigenvalue weighted by molar-refractivity contribution is -0.125. The van der Waals surface area contributed by atoms with Gasteiger partial charge in [0.1, 0.15) is 18.3 Å². The highest BCUT2D eigenvalue weighted by Crippen LogP contribution is 2.34. The SMILES string of the molecule is O=C(NC1CONC1=O)c1cc(Cl)cc(Cl)c1NC(=O)c1cc(N2CC(F)(F)C2)nn1-c1ncccc1Cl. The average Bonchev–Trinajstić information content (AvgIpc) is 3.45. The number of anilines is 2. The van der Waals surface area contributed by atoms with Crippen LogP contribution in [-0.4, -0.2) is 64.1 Å². The molecule has 1 atom stereocenters. The molecule has 3 amide bonds. The van der Waals surface area contributed by atoms with Crippen molar-refractivity contribution in [3.8, 4) is 5.82 Å². The van der Waals surface area contributed by atoms with Crippen LogP contribution in [0.3, 0.4) is 0 Å². The van der Waals surface area contributed by atoms with Crippen molar-refractivity contribution >= 4 is 64.0 Å². The number of alkyl halides is 2. The van der Waals surface area contributed by atoms with Gasteiger partial charge in [0.25, 0.3) is 23.6 Å². The van der Waals surface area contributed by atoms with Gasteiger partial charge in [0.2, 0.25) is 0 Å². The van der Waals surface area contributed by atoms with Crippen molar-refractivity contribution < 1.29 is 28.0 Å². The quantitative estimate of drug-likeness (QED) is 0.405. The molecule has 11 nitrogen and oxygen atoms in total. The van der Waals surface area contributed by atoms with E-state index in [-0.39, 0.29) is 50.3 Å². The fourth-order valence-corrected chi connectivity index (χ4v) is 4.54. The van der Waals surface area contributed by atoms with Crippen molar-refractivity contribution in [1.29, 1.82) is 0 Å². The van der Waals surface area contributed by atoms with Gasteiger partial charge in [-0.15, -0.1) is 5.10 Å². The van der Waals surface area contributed by atoms with Gasteiger partial charge in [0, 0.05) is 17.3 Å². The van der Waals surface area contributed by atoms with Gasteiger partial charge in [-0.2, -0.15) is 0 Å². The first-order valence-corrected chi connectivity index (χ1v) is 12.0. The first-order valence-electron chi connectivity index (χ1n) is 10.9. The number of carbonyl (C=O) groups is 3. The second kappa shape index (κ2) is 9.98. The summed E-state index contributed by atoms with van der Waals surface area (Å²) in [6.07, 6.45) is 1.42. The highest BCUT2D eigenvalue weighted by molar-refractivity contribution is 6.38. The van der Waals surface area contributed by atoms with E-state index in [9.17, 15) is 23.2 Å². The number of hydroxylamine groups is 1. The lowest BCUT2D eigenvalue weighted by atomic mass is 10.1. The summed E-state index contributed by atoms with van der Waals surface area (Å²) in [6.45, 7) is -1.26. The number of aromatic nitrogens is 3. The Balaban J connectivity index is 1.49. The van der Waals surface area contributed by atoms with E-state index >= 15 is 0 Å². The van der Waals surface area contributed by atoms with Gasteiger partial charge in [0.15, 0.2) is 11.6 Å². The Morgan fingerprint density at radius 3 is 2.55 bits per heavy atom. The van der Waals surface area contributed by atoms with Crippen molar-refractivity contribution in [2.75, 3.05) is 29.9 Å². The summed E-state index contributed by atoms with van der Waals surface area (Å²) in [5.41, 5.74) is 1.73. The zero-order valence-electron chi connectivity index (χ0n) is 19.0. The Labute approximate surface area is 227 Å². The van der Waals surface area contributed by atoms with Gasteiger partial charge in [-0.05, 0) is 24.3 Å². The molecule has 1 unspecified atom stereocenters. The first kappa shape index (κ1) is 26.1. The molecule has 0 bridgehead atoms. The maximum Gasteiger partial charge on any atom is 0.282 e. The molecule has 38 heavy (non-hydrogen) atoms. The predicted octanol–water partition coefficient (Wildman–Crippen LogP) is 3.09. The Morgan fingerprint density at radius 1 is 1.13 bits per heavy atom. The molecule has 198 valence electrons. The Bertz CT molecular complexity index is 1460. The first-order chi connectivity index (χ1) is 18.0. The molecule has 1 aromatic carbocycles. The van der Waals surface area contributed by atoms with E-state index in [2.05, 4.69) is 26.2 Å². The number of carbonyl (C=O) groups excluding carboxylic acids is 3. The van der Waals surface area contributed by atoms with Crippen LogP contribution in [0.15, 0.2) is 36.5 Å². The van der Waals surface area contributed by atoms with Crippen LogP contribution in [0.4, 0.5) is 20.3 Å². The summed E-state index contributed by atoms with van der Waals surface area (Å²) in [6, 6.07) is 5.97. The van der Waals surface area contributed by atoms with Crippen LogP contribution in [-0.2, 0) is 9.63 Å². The molecule has 0 saturated carbocycles. The number of nitrogens with zero attached hydrogens (tertiary/aromatic N) is 4. The van der Waals surface area contributed by atoms with Crippen molar-refractivity contribution in [2.24, 2.45) is 0 Å². The van der Waals surface area contributed by atoms with Crippen LogP contribution < -0.4 is 21.0 Å². The number of pyridine rings is 1. The highest BCUT2D eigenvalue weighted by atomic mass is 35.5. The van der Waals surface area contributed by atoms with Gasteiger partial charge < -0.3 is 15.5 Å². The molecule has 0 spiro atoms. The Kier molecular flexibility index (Phi) is 6.86. The number of hydrogen-bond acceptors (Lipinski definition) is 7. The molecular weight excluding hydrogens is 571 g/mol. The minimum absolute atomic E-state index is 0.0743.